The van der Waals surface area contributed by atoms with Crippen molar-refractivity contribution in [1.29, 1.82) is 0 Å². The van der Waals surface area contributed by atoms with Gasteiger partial charge in [-0.2, -0.15) is 0 Å². The highest BCUT2D eigenvalue weighted by molar-refractivity contribution is 5.96. The van der Waals surface area contributed by atoms with Crippen molar-refractivity contribution >= 4 is 5.91 Å². The lowest BCUT2D eigenvalue weighted by Gasteiger charge is -2.12. The molecule has 0 spiro atoms. The van der Waals surface area contributed by atoms with Crippen molar-refractivity contribution in [3.05, 3.63) is 89.0 Å². The van der Waals surface area contributed by atoms with Gasteiger partial charge in [0.05, 0.1) is 5.56 Å². The molecule has 0 atom stereocenters. The second kappa shape index (κ2) is 8.69. The van der Waals surface area contributed by atoms with Crippen LogP contribution in [0.15, 0.2) is 66.7 Å². The number of carbonyl (C=O) groups excluding carboxylic acids is 1. The van der Waals surface area contributed by atoms with Crippen LogP contribution in [0, 0.1) is 6.92 Å². The molecule has 0 saturated heterocycles. The van der Waals surface area contributed by atoms with Crippen LogP contribution in [0.25, 0.3) is 0 Å². The van der Waals surface area contributed by atoms with Gasteiger partial charge in [-0.25, -0.2) is 0 Å². The number of ether oxygens (including phenoxy) is 3. The molecule has 3 aromatic carbocycles. The normalized spacial score (nSPS) is 11.9. The number of amides is 1. The number of hydrogen-bond acceptors (Lipinski definition) is 4. The maximum absolute atomic E-state index is 12.7. The molecule has 0 unspecified atom stereocenters. The summed E-state index contributed by atoms with van der Waals surface area (Å²) in [5.41, 5.74) is 3.87. The standard InChI is InChI=1S/C24H23NO4/c1-17-5-4-6-19(13-17)15-27-21-8-3-2-7-20(21)24(26)25-12-11-18-9-10-22-23(14-18)29-16-28-22/h2-10,13-14H,11-12,15-16H2,1H3,(H,25,26). The highest BCUT2D eigenvalue weighted by Gasteiger charge is 2.14. The van der Waals surface area contributed by atoms with Crippen LogP contribution in [0.5, 0.6) is 17.2 Å². The lowest BCUT2D eigenvalue weighted by atomic mass is 10.1. The first-order valence-electron chi connectivity index (χ1n) is 9.63. The van der Waals surface area contributed by atoms with Crippen LogP contribution in [0.2, 0.25) is 0 Å². The summed E-state index contributed by atoms with van der Waals surface area (Å²) in [6.07, 6.45) is 0.703. The fourth-order valence-electron chi connectivity index (χ4n) is 3.26. The topological polar surface area (TPSA) is 56.8 Å². The van der Waals surface area contributed by atoms with Gasteiger partial charge in [-0.1, -0.05) is 48.0 Å². The number of fused-ring (bicyclic) bond motifs is 1. The summed E-state index contributed by atoms with van der Waals surface area (Å²) in [7, 11) is 0. The van der Waals surface area contributed by atoms with Crippen LogP contribution in [0.3, 0.4) is 0 Å². The maximum Gasteiger partial charge on any atom is 0.255 e. The Balaban J connectivity index is 1.35. The summed E-state index contributed by atoms with van der Waals surface area (Å²) in [5.74, 6) is 1.95. The minimum absolute atomic E-state index is 0.148. The van der Waals surface area contributed by atoms with E-state index in [0.29, 0.717) is 30.9 Å². The third kappa shape index (κ3) is 4.69. The van der Waals surface area contributed by atoms with E-state index in [-0.39, 0.29) is 12.7 Å². The molecular weight excluding hydrogens is 366 g/mol. The van der Waals surface area contributed by atoms with Crippen LogP contribution in [-0.4, -0.2) is 19.2 Å². The fourth-order valence-corrected chi connectivity index (χ4v) is 3.26. The molecule has 3 aromatic rings. The smallest absolute Gasteiger partial charge is 0.255 e. The van der Waals surface area contributed by atoms with Gasteiger partial charge in [-0.05, 0) is 48.7 Å². The Morgan fingerprint density at radius 1 is 0.966 bits per heavy atom. The van der Waals surface area contributed by atoms with Crippen molar-refractivity contribution in [3.63, 3.8) is 0 Å². The van der Waals surface area contributed by atoms with E-state index < -0.39 is 0 Å². The Hall–Kier alpha value is -3.47. The molecule has 1 aliphatic rings. The van der Waals surface area contributed by atoms with Crippen LogP contribution >= 0.6 is 0 Å². The molecule has 1 amide bonds. The predicted molar refractivity (Wildman–Crippen MR) is 111 cm³/mol. The lowest BCUT2D eigenvalue weighted by molar-refractivity contribution is 0.0949. The van der Waals surface area contributed by atoms with Crippen molar-refractivity contribution in [2.24, 2.45) is 0 Å². The summed E-state index contributed by atoms with van der Waals surface area (Å²) < 4.78 is 16.6. The Morgan fingerprint density at radius 3 is 2.72 bits per heavy atom. The first-order chi connectivity index (χ1) is 14.2. The van der Waals surface area contributed by atoms with Gasteiger partial charge in [0, 0.05) is 6.54 Å². The van der Waals surface area contributed by atoms with Crippen LogP contribution in [-0.2, 0) is 13.0 Å². The largest absolute Gasteiger partial charge is 0.488 e. The van der Waals surface area contributed by atoms with Crippen molar-refractivity contribution in [2.75, 3.05) is 13.3 Å². The molecule has 148 valence electrons. The van der Waals surface area contributed by atoms with E-state index in [1.807, 2.05) is 61.5 Å². The van der Waals surface area contributed by atoms with E-state index in [1.165, 1.54) is 5.56 Å². The fraction of sp³-hybridized carbons (Fsp3) is 0.208. The summed E-state index contributed by atoms with van der Waals surface area (Å²) >= 11 is 0. The second-order valence-corrected chi connectivity index (χ2v) is 6.97. The molecule has 1 heterocycles. The minimum Gasteiger partial charge on any atom is -0.488 e. The number of benzene rings is 3. The Kier molecular flexibility index (Phi) is 5.66. The van der Waals surface area contributed by atoms with E-state index in [2.05, 4.69) is 11.4 Å². The van der Waals surface area contributed by atoms with Crippen LogP contribution < -0.4 is 19.5 Å². The first kappa shape index (κ1) is 18.9. The average Bonchev–Trinajstić information content (AvgIpc) is 3.20. The quantitative estimate of drug-likeness (QED) is 0.655. The predicted octanol–water partition coefficient (Wildman–Crippen LogP) is 4.28. The highest BCUT2D eigenvalue weighted by Crippen LogP contribution is 2.32. The Morgan fingerprint density at radius 2 is 1.83 bits per heavy atom. The third-order valence-corrected chi connectivity index (χ3v) is 4.74. The Labute approximate surface area is 170 Å². The van der Waals surface area contributed by atoms with Gasteiger partial charge >= 0.3 is 0 Å². The molecule has 0 fully saturated rings. The first-order valence-corrected chi connectivity index (χ1v) is 9.63. The molecule has 1 N–H and O–H groups in total. The van der Waals surface area contributed by atoms with E-state index in [0.717, 1.165) is 22.6 Å². The number of hydrogen-bond donors (Lipinski definition) is 1. The zero-order valence-corrected chi connectivity index (χ0v) is 16.3. The second-order valence-electron chi connectivity index (χ2n) is 6.97. The van der Waals surface area contributed by atoms with Gasteiger partial charge in [-0.15, -0.1) is 0 Å². The summed E-state index contributed by atoms with van der Waals surface area (Å²) in [6.45, 7) is 3.24. The summed E-state index contributed by atoms with van der Waals surface area (Å²) in [4.78, 5) is 12.7. The number of para-hydroxylation sites is 1. The van der Waals surface area contributed by atoms with Gasteiger partial charge in [0.2, 0.25) is 6.79 Å². The zero-order chi connectivity index (χ0) is 20.1. The highest BCUT2D eigenvalue weighted by atomic mass is 16.7. The van der Waals surface area contributed by atoms with Crippen molar-refractivity contribution in [3.8, 4) is 17.2 Å². The molecule has 0 aliphatic carbocycles. The van der Waals surface area contributed by atoms with Gasteiger partial charge in [0.25, 0.3) is 5.91 Å². The van der Waals surface area contributed by atoms with Crippen molar-refractivity contribution in [1.82, 2.24) is 5.32 Å². The number of carbonyl (C=O) groups is 1. The number of nitrogens with one attached hydrogen (secondary N) is 1. The molecule has 5 heteroatoms. The molecule has 0 aromatic heterocycles. The van der Waals surface area contributed by atoms with Gasteiger partial charge in [0.15, 0.2) is 11.5 Å². The lowest BCUT2D eigenvalue weighted by Crippen LogP contribution is -2.26. The molecule has 0 bridgehead atoms. The monoisotopic (exact) mass is 389 g/mol. The SMILES string of the molecule is Cc1cccc(COc2ccccc2C(=O)NCCc2ccc3c(c2)OCO3)c1. The number of aryl methyl sites for hydroxylation is 1. The van der Waals surface area contributed by atoms with E-state index >= 15 is 0 Å². The van der Waals surface area contributed by atoms with Crippen LogP contribution in [0.1, 0.15) is 27.0 Å². The third-order valence-electron chi connectivity index (χ3n) is 4.74. The average molecular weight is 389 g/mol. The van der Waals surface area contributed by atoms with Gasteiger partial charge < -0.3 is 19.5 Å². The molecule has 0 radical (unpaired) electrons. The van der Waals surface area contributed by atoms with Gasteiger partial charge in [0.1, 0.15) is 12.4 Å². The molecule has 4 rings (SSSR count). The van der Waals surface area contributed by atoms with Crippen LogP contribution in [0.4, 0.5) is 0 Å². The molecular formula is C24H23NO4. The maximum atomic E-state index is 12.7. The van der Waals surface area contributed by atoms with E-state index in [9.17, 15) is 4.79 Å². The van der Waals surface area contributed by atoms with E-state index in [1.54, 1.807) is 6.07 Å². The summed E-state index contributed by atoms with van der Waals surface area (Å²) in [5, 5.41) is 2.97. The van der Waals surface area contributed by atoms with Gasteiger partial charge in [-0.3, -0.25) is 4.79 Å². The van der Waals surface area contributed by atoms with E-state index in [4.69, 9.17) is 14.2 Å². The molecule has 29 heavy (non-hydrogen) atoms. The van der Waals surface area contributed by atoms with Crippen molar-refractivity contribution in [2.45, 2.75) is 20.0 Å². The molecule has 0 saturated carbocycles. The summed E-state index contributed by atoms with van der Waals surface area (Å²) in [6, 6.07) is 21.3. The number of rotatable bonds is 7. The Bertz CT molecular complexity index is 1020. The molecule has 5 nitrogen and oxygen atoms in total. The zero-order valence-electron chi connectivity index (χ0n) is 16.3. The minimum atomic E-state index is -0.148. The van der Waals surface area contributed by atoms with Crippen molar-refractivity contribution < 1.29 is 19.0 Å². The molecule has 1 aliphatic heterocycles.